The molecule has 0 saturated heterocycles. The molecule has 4 N–H and O–H groups in total. The van der Waals surface area contributed by atoms with Gasteiger partial charge in [-0.3, -0.25) is 4.79 Å². The maximum Gasteiger partial charge on any atom is 0.242 e. The predicted molar refractivity (Wildman–Crippen MR) is 66.8 cm³/mol. The van der Waals surface area contributed by atoms with Gasteiger partial charge in [0.05, 0.1) is 6.04 Å². The molecule has 5 heteroatoms. The van der Waals surface area contributed by atoms with Crippen LogP contribution in [0.15, 0.2) is 12.1 Å². The van der Waals surface area contributed by atoms with Gasteiger partial charge in [0.2, 0.25) is 5.91 Å². The molecule has 94 valence electrons. The van der Waals surface area contributed by atoms with E-state index in [0.717, 1.165) is 18.5 Å². The van der Waals surface area contributed by atoms with Crippen molar-refractivity contribution in [2.75, 3.05) is 5.32 Å². The Hall–Kier alpha value is -1.62. The zero-order valence-electron chi connectivity index (χ0n) is 10.2. The summed E-state index contributed by atoms with van der Waals surface area (Å²) in [5.74, 6) is -0.194. The summed E-state index contributed by atoms with van der Waals surface area (Å²) < 4.78 is 0. The number of hydrogen-bond donors (Lipinski definition) is 3. The molecule has 0 aliphatic rings. The number of nitrogens with one attached hydrogen (secondary N) is 1. The molecule has 0 unspecified atom stereocenters. The number of unbranched alkanes of at least 4 members (excludes halogenated alkanes) is 1. The van der Waals surface area contributed by atoms with E-state index in [1.165, 1.54) is 6.07 Å². The average Bonchev–Trinajstić information content (AvgIpc) is 2.30. The van der Waals surface area contributed by atoms with Crippen molar-refractivity contribution in [2.24, 2.45) is 5.73 Å². The van der Waals surface area contributed by atoms with Crippen LogP contribution in [0.2, 0.25) is 0 Å². The molecule has 0 aliphatic carbocycles. The molecular formula is C12H19N3O2. The fraction of sp³-hybridized carbons (Fsp3) is 0.500. The molecule has 1 aromatic heterocycles. The van der Waals surface area contributed by atoms with E-state index < -0.39 is 6.04 Å². The van der Waals surface area contributed by atoms with Crippen LogP contribution >= 0.6 is 0 Å². The van der Waals surface area contributed by atoms with Gasteiger partial charge in [0.1, 0.15) is 0 Å². The molecular weight excluding hydrogens is 218 g/mol. The Morgan fingerprint density at radius 3 is 2.94 bits per heavy atom. The second-order valence-electron chi connectivity index (χ2n) is 4.06. The van der Waals surface area contributed by atoms with Gasteiger partial charge in [-0.25, -0.2) is 4.98 Å². The molecule has 17 heavy (non-hydrogen) atoms. The average molecular weight is 237 g/mol. The summed E-state index contributed by atoms with van der Waals surface area (Å²) >= 11 is 0. The summed E-state index contributed by atoms with van der Waals surface area (Å²) in [5, 5.41) is 12.1. The van der Waals surface area contributed by atoms with Crippen molar-refractivity contribution in [3.05, 3.63) is 17.8 Å². The Bertz CT molecular complexity index is 393. The third-order valence-electron chi connectivity index (χ3n) is 2.46. The van der Waals surface area contributed by atoms with Gasteiger partial charge in [-0.2, -0.15) is 0 Å². The van der Waals surface area contributed by atoms with Gasteiger partial charge in [-0.15, -0.1) is 0 Å². The topological polar surface area (TPSA) is 88.2 Å². The van der Waals surface area contributed by atoms with Gasteiger partial charge >= 0.3 is 0 Å². The number of aromatic nitrogens is 1. The molecule has 0 fully saturated rings. The normalized spacial score (nSPS) is 12.2. The van der Waals surface area contributed by atoms with E-state index in [-0.39, 0.29) is 17.5 Å². The number of nitrogens with zero attached hydrogens (tertiary/aromatic N) is 1. The number of hydrogen-bond acceptors (Lipinski definition) is 4. The molecule has 0 saturated carbocycles. The SMILES string of the molecule is CCCC[C@H](N)C(=O)Nc1nc(C)ccc1O. The van der Waals surface area contributed by atoms with Crippen molar-refractivity contribution in [1.82, 2.24) is 4.98 Å². The summed E-state index contributed by atoms with van der Waals surface area (Å²) in [6, 6.07) is 2.61. The van der Waals surface area contributed by atoms with Gasteiger partial charge in [0.15, 0.2) is 11.6 Å². The highest BCUT2D eigenvalue weighted by Gasteiger charge is 2.15. The van der Waals surface area contributed by atoms with Crippen LogP contribution in [-0.2, 0) is 4.79 Å². The lowest BCUT2D eigenvalue weighted by Crippen LogP contribution is -2.35. The van der Waals surface area contributed by atoms with Crippen molar-refractivity contribution in [1.29, 1.82) is 0 Å². The number of carbonyl (C=O) groups is 1. The van der Waals surface area contributed by atoms with Crippen molar-refractivity contribution < 1.29 is 9.90 Å². The number of pyridine rings is 1. The predicted octanol–water partition coefficient (Wildman–Crippen LogP) is 1.55. The van der Waals surface area contributed by atoms with Gasteiger partial charge in [-0.05, 0) is 25.5 Å². The lowest BCUT2D eigenvalue weighted by atomic mass is 10.1. The second-order valence-corrected chi connectivity index (χ2v) is 4.06. The zero-order valence-corrected chi connectivity index (χ0v) is 10.2. The molecule has 5 nitrogen and oxygen atoms in total. The maximum absolute atomic E-state index is 11.7. The number of amides is 1. The third kappa shape index (κ3) is 4.03. The van der Waals surface area contributed by atoms with E-state index in [0.29, 0.717) is 6.42 Å². The summed E-state index contributed by atoms with van der Waals surface area (Å²) in [6.07, 6.45) is 2.53. The van der Waals surface area contributed by atoms with Crippen LogP contribution in [0.5, 0.6) is 5.75 Å². The molecule has 1 aromatic rings. The van der Waals surface area contributed by atoms with Crippen LogP contribution in [0.25, 0.3) is 0 Å². The first-order chi connectivity index (χ1) is 8.04. The highest BCUT2D eigenvalue weighted by Crippen LogP contribution is 2.20. The number of anilines is 1. The Kier molecular flexibility index (Phi) is 4.90. The fourth-order valence-electron chi connectivity index (χ4n) is 1.41. The zero-order chi connectivity index (χ0) is 12.8. The van der Waals surface area contributed by atoms with Gasteiger partial charge in [0, 0.05) is 5.69 Å². The number of aryl methyl sites for hydroxylation is 1. The molecule has 0 aromatic carbocycles. The molecule has 1 atom stereocenters. The first kappa shape index (κ1) is 13.4. The van der Waals surface area contributed by atoms with E-state index in [1.54, 1.807) is 13.0 Å². The number of aromatic hydroxyl groups is 1. The molecule has 1 amide bonds. The van der Waals surface area contributed by atoms with Gasteiger partial charge in [0.25, 0.3) is 0 Å². The van der Waals surface area contributed by atoms with E-state index in [4.69, 9.17) is 5.73 Å². The molecule has 0 aliphatic heterocycles. The van der Waals surface area contributed by atoms with Gasteiger partial charge in [-0.1, -0.05) is 19.8 Å². The lowest BCUT2D eigenvalue weighted by Gasteiger charge is -2.12. The summed E-state index contributed by atoms with van der Waals surface area (Å²) in [5.41, 5.74) is 6.44. The number of nitrogens with two attached hydrogens (primary N) is 1. The Balaban J connectivity index is 2.64. The number of carbonyl (C=O) groups excluding carboxylic acids is 1. The van der Waals surface area contributed by atoms with Crippen LogP contribution in [0.1, 0.15) is 31.9 Å². The molecule has 1 heterocycles. The smallest absolute Gasteiger partial charge is 0.242 e. The van der Waals surface area contributed by atoms with Crippen LogP contribution in [0, 0.1) is 6.92 Å². The molecule has 0 bridgehead atoms. The van der Waals surface area contributed by atoms with Crippen molar-refractivity contribution in [3.8, 4) is 5.75 Å². The summed E-state index contributed by atoms with van der Waals surface area (Å²) in [4.78, 5) is 15.7. The first-order valence-electron chi connectivity index (χ1n) is 5.77. The van der Waals surface area contributed by atoms with E-state index in [9.17, 15) is 9.90 Å². The van der Waals surface area contributed by atoms with Crippen LogP contribution < -0.4 is 11.1 Å². The van der Waals surface area contributed by atoms with Gasteiger partial charge < -0.3 is 16.2 Å². The quantitative estimate of drug-likeness (QED) is 0.725. The minimum Gasteiger partial charge on any atom is -0.504 e. The maximum atomic E-state index is 11.7. The van der Waals surface area contributed by atoms with Crippen molar-refractivity contribution in [2.45, 2.75) is 39.2 Å². The first-order valence-corrected chi connectivity index (χ1v) is 5.77. The van der Waals surface area contributed by atoms with Crippen LogP contribution in [0.4, 0.5) is 5.82 Å². The highest BCUT2D eigenvalue weighted by atomic mass is 16.3. The summed E-state index contributed by atoms with van der Waals surface area (Å²) in [7, 11) is 0. The molecule has 0 radical (unpaired) electrons. The van der Waals surface area contributed by atoms with E-state index >= 15 is 0 Å². The van der Waals surface area contributed by atoms with E-state index in [1.807, 2.05) is 6.92 Å². The molecule has 0 spiro atoms. The summed E-state index contributed by atoms with van der Waals surface area (Å²) in [6.45, 7) is 3.82. The third-order valence-corrected chi connectivity index (χ3v) is 2.46. The van der Waals surface area contributed by atoms with Crippen molar-refractivity contribution >= 4 is 11.7 Å². The largest absolute Gasteiger partial charge is 0.504 e. The second kappa shape index (κ2) is 6.20. The lowest BCUT2D eigenvalue weighted by molar-refractivity contribution is -0.117. The highest BCUT2D eigenvalue weighted by molar-refractivity contribution is 5.94. The van der Waals surface area contributed by atoms with Crippen LogP contribution in [0.3, 0.4) is 0 Å². The van der Waals surface area contributed by atoms with Crippen LogP contribution in [-0.4, -0.2) is 22.0 Å². The Morgan fingerprint density at radius 1 is 1.59 bits per heavy atom. The van der Waals surface area contributed by atoms with Crippen molar-refractivity contribution in [3.63, 3.8) is 0 Å². The fourth-order valence-corrected chi connectivity index (χ4v) is 1.41. The molecule has 1 rings (SSSR count). The minimum absolute atomic E-state index is 0.0494. The number of rotatable bonds is 5. The minimum atomic E-state index is -0.559. The Morgan fingerprint density at radius 2 is 2.29 bits per heavy atom. The van der Waals surface area contributed by atoms with E-state index in [2.05, 4.69) is 10.3 Å². The monoisotopic (exact) mass is 237 g/mol. The standard InChI is InChI=1S/C12H19N3O2/c1-3-4-5-9(13)12(17)15-11-10(16)7-6-8(2)14-11/h6-7,9,16H,3-5,13H2,1-2H3,(H,14,15,17)/t9-/m0/s1. The Labute approximate surface area is 101 Å².